The third kappa shape index (κ3) is 4.58. The minimum atomic E-state index is -0.0751. The normalized spacial score (nSPS) is 10.6. The maximum absolute atomic E-state index is 12.1. The van der Waals surface area contributed by atoms with Gasteiger partial charge in [-0.1, -0.05) is 53.7 Å². The Morgan fingerprint density at radius 2 is 2.08 bits per heavy atom. The Labute approximate surface area is 154 Å². The summed E-state index contributed by atoms with van der Waals surface area (Å²) < 4.78 is 1.56. The summed E-state index contributed by atoms with van der Waals surface area (Å²) in [6, 6.07) is 15.2. The predicted molar refractivity (Wildman–Crippen MR) is 97.9 cm³/mol. The van der Waals surface area contributed by atoms with Crippen LogP contribution in [0.5, 0.6) is 0 Å². The average Bonchev–Trinajstić information content (AvgIpc) is 3.08. The number of rotatable bonds is 6. The van der Waals surface area contributed by atoms with Gasteiger partial charge in [0.1, 0.15) is 0 Å². The van der Waals surface area contributed by atoms with Gasteiger partial charge in [0.2, 0.25) is 11.1 Å². The molecule has 0 aliphatic heterocycles. The first-order chi connectivity index (χ1) is 12.1. The first-order valence-electron chi connectivity index (χ1n) is 7.62. The molecule has 0 fully saturated rings. The third-order valence-electron chi connectivity index (χ3n) is 3.56. The van der Waals surface area contributed by atoms with Gasteiger partial charge in [-0.2, -0.15) is 4.68 Å². The lowest BCUT2D eigenvalue weighted by molar-refractivity contribution is -0.118. The number of thioether (sulfide) groups is 1. The van der Waals surface area contributed by atoms with Crippen molar-refractivity contribution in [3.05, 3.63) is 64.7 Å². The minimum absolute atomic E-state index is 0.0751. The van der Waals surface area contributed by atoms with Crippen molar-refractivity contribution in [3.63, 3.8) is 0 Å². The first-order valence-corrected chi connectivity index (χ1v) is 8.98. The number of hydrogen-bond donors (Lipinski definition) is 1. The molecule has 0 saturated heterocycles. The van der Waals surface area contributed by atoms with Crippen LogP contribution in [0.3, 0.4) is 0 Å². The number of benzene rings is 2. The van der Waals surface area contributed by atoms with Crippen molar-refractivity contribution in [2.24, 2.45) is 0 Å². The molecule has 0 spiro atoms. The Morgan fingerprint density at radius 1 is 1.24 bits per heavy atom. The lowest BCUT2D eigenvalue weighted by Crippen LogP contribution is -2.25. The van der Waals surface area contributed by atoms with Crippen LogP contribution in [0.4, 0.5) is 0 Å². The van der Waals surface area contributed by atoms with Crippen molar-refractivity contribution in [3.8, 4) is 5.69 Å². The number of hydrogen-bond acceptors (Lipinski definition) is 5. The van der Waals surface area contributed by atoms with Gasteiger partial charge in [0.05, 0.1) is 11.4 Å². The molecule has 0 bridgehead atoms. The van der Waals surface area contributed by atoms with E-state index in [4.69, 9.17) is 11.6 Å². The minimum Gasteiger partial charge on any atom is -0.351 e. The molecule has 1 heterocycles. The fourth-order valence-electron chi connectivity index (χ4n) is 2.22. The Morgan fingerprint density at radius 3 is 2.88 bits per heavy atom. The van der Waals surface area contributed by atoms with Gasteiger partial charge in [-0.3, -0.25) is 4.79 Å². The molecule has 128 valence electrons. The monoisotopic (exact) mass is 373 g/mol. The molecule has 2 aromatic carbocycles. The molecule has 8 heteroatoms. The van der Waals surface area contributed by atoms with Crippen LogP contribution in [0.25, 0.3) is 5.69 Å². The molecule has 0 aliphatic rings. The molecule has 3 rings (SSSR count). The van der Waals surface area contributed by atoms with E-state index in [-0.39, 0.29) is 11.7 Å². The second-order valence-corrected chi connectivity index (χ2v) is 6.72. The zero-order valence-electron chi connectivity index (χ0n) is 13.5. The Balaban J connectivity index is 1.58. The zero-order chi connectivity index (χ0) is 17.6. The molecule has 0 radical (unpaired) electrons. The molecule has 6 nitrogen and oxygen atoms in total. The Bertz CT molecular complexity index is 883. The maximum atomic E-state index is 12.1. The van der Waals surface area contributed by atoms with Gasteiger partial charge in [0.25, 0.3) is 0 Å². The van der Waals surface area contributed by atoms with E-state index in [0.29, 0.717) is 16.7 Å². The van der Waals surface area contributed by atoms with Crippen LogP contribution >= 0.6 is 23.4 Å². The van der Waals surface area contributed by atoms with Crippen molar-refractivity contribution < 1.29 is 4.79 Å². The SMILES string of the molecule is Cc1ccccc1CNC(=O)CSc1nnnn1-c1cccc(Cl)c1. The molecular weight excluding hydrogens is 358 g/mol. The molecule has 1 N–H and O–H groups in total. The molecule has 1 aromatic heterocycles. The van der Waals surface area contributed by atoms with E-state index < -0.39 is 0 Å². The van der Waals surface area contributed by atoms with E-state index in [1.165, 1.54) is 11.8 Å². The van der Waals surface area contributed by atoms with Crippen molar-refractivity contribution in [1.82, 2.24) is 25.5 Å². The molecule has 1 amide bonds. The van der Waals surface area contributed by atoms with Crippen molar-refractivity contribution in [2.45, 2.75) is 18.6 Å². The first kappa shape index (κ1) is 17.4. The van der Waals surface area contributed by atoms with E-state index in [9.17, 15) is 4.79 Å². The number of carbonyl (C=O) groups excluding carboxylic acids is 1. The van der Waals surface area contributed by atoms with E-state index in [1.807, 2.05) is 43.3 Å². The zero-order valence-corrected chi connectivity index (χ0v) is 15.1. The molecule has 0 aliphatic carbocycles. The summed E-state index contributed by atoms with van der Waals surface area (Å²) in [6.45, 7) is 2.53. The maximum Gasteiger partial charge on any atom is 0.230 e. The fourth-order valence-corrected chi connectivity index (χ4v) is 3.13. The second-order valence-electron chi connectivity index (χ2n) is 5.35. The number of nitrogens with zero attached hydrogens (tertiary/aromatic N) is 4. The highest BCUT2D eigenvalue weighted by Crippen LogP contribution is 2.20. The molecule has 0 atom stereocenters. The Kier molecular flexibility index (Phi) is 5.67. The molecule has 0 saturated carbocycles. The van der Waals surface area contributed by atoms with Crippen LogP contribution < -0.4 is 5.32 Å². The third-order valence-corrected chi connectivity index (χ3v) is 4.72. The number of aromatic nitrogens is 4. The Hall–Kier alpha value is -2.38. The van der Waals surface area contributed by atoms with E-state index >= 15 is 0 Å². The summed E-state index contributed by atoms with van der Waals surface area (Å²) in [5, 5.41) is 15.6. The highest BCUT2D eigenvalue weighted by atomic mass is 35.5. The standard InChI is InChI=1S/C17H16ClN5OS/c1-12-5-2-3-6-13(12)10-19-16(24)11-25-17-20-21-22-23(17)15-8-4-7-14(18)9-15/h2-9H,10-11H2,1H3,(H,19,24). The highest BCUT2D eigenvalue weighted by molar-refractivity contribution is 7.99. The van der Waals surface area contributed by atoms with Crippen LogP contribution in [0, 0.1) is 6.92 Å². The van der Waals surface area contributed by atoms with Crippen LogP contribution in [0.15, 0.2) is 53.7 Å². The number of aryl methyl sites for hydroxylation is 1. The quantitative estimate of drug-likeness (QED) is 0.672. The van der Waals surface area contributed by atoms with E-state index in [0.717, 1.165) is 16.8 Å². The molecule has 3 aromatic rings. The summed E-state index contributed by atoms with van der Waals surface area (Å²) in [5.41, 5.74) is 3.00. The van der Waals surface area contributed by atoms with Crippen molar-refractivity contribution in [2.75, 3.05) is 5.75 Å². The van der Waals surface area contributed by atoms with Crippen molar-refractivity contribution in [1.29, 1.82) is 0 Å². The lowest BCUT2D eigenvalue weighted by atomic mass is 10.1. The van der Waals surface area contributed by atoms with Gasteiger partial charge in [0.15, 0.2) is 0 Å². The number of tetrazole rings is 1. The number of carbonyl (C=O) groups is 1. The number of halogens is 1. The van der Waals surface area contributed by atoms with E-state index in [1.54, 1.807) is 16.8 Å². The fraction of sp³-hybridized carbons (Fsp3) is 0.176. The predicted octanol–water partition coefficient (Wildman–Crippen LogP) is 3.03. The topological polar surface area (TPSA) is 72.7 Å². The van der Waals surface area contributed by atoms with Gasteiger partial charge in [-0.05, 0) is 46.7 Å². The number of amides is 1. The van der Waals surface area contributed by atoms with Gasteiger partial charge in [-0.25, -0.2) is 0 Å². The van der Waals surface area contributed by atoms with Gasteiger partial charge >= 0.3 is 0 Å². The van der Waals surface area contributed by atoms with Crippen LogP contribution in [0.2, 0.25) is 5.02 Å². The molecule has 0 unspecified atom stereocenters. The van der Waals surface area contributed by atoms with E-state index in [2.05, 4.69) is 20.8 Å². The average molecular weight is 374 g/mol. The van der Waals surface area contributed by atoms with Crippen LogP contribution in [-0.2, 0) is 11.3 Å². The summed E-state index contributed by atoms with van der Waals surface area (Å²) in [4.78, 5) is 12.1. The summed E-state index contributed by atoms with van der Waals surface area (Å²) >= 11 is 7.27. The second kappa shape index (κ2) is 8.13. The number of nitrogens with one attached hydrogen (secondary N) is 1. The van der Waals surface area contributed by atoms with Crippen LogP contribution in [-0.4, -0.2) is 31.9 Å². The van der Waals surface area contributed by atoms with Crippen molar-refractivity contribution >= 4 is 29.3 Å². The van der Waals surface area contributed by atoms with Gasteiger partial charge in [-0.15, -0.1) is 5.10 Å². The summed E-state index contributed by atoms with van der Waals surface area (Å²) in [5.74, 6) is 0.154. The molecule has 25 heavy (non-hydrogen) atoms. The lowest BCUT2D eigenvalue weighted by Gasteiger charge is -2.08. The van der Waals surface area contributed by atoms with Gasteiger partial charge in [0, 0.05) is 11.6 Å². The molecular formula is C17H16ClN5OS. The van der Waals surface area contributed by atoms with Gasteiger partial charge < -0.3 is 5.32 Å². The highest BCUT2D eigenvalue weighted by Gasteiger charge is 2.12. The summed E-state index contributed by atoms with van der Waals surface area (Å²) in [6.07, 6.45) is 0. The largest absolute Gasteiger partial charge is 0.351 e. The smallest absolute Gasteiger partial charge is 0.230 e. The summed E-state index contributed by atoms with van der Waals surface area (Å²) in [7, 11) is 0. The van der Waals surface area contributed by atoms with Crippen LogP contribution in [0.1, 0.15) is 11.1 Å².